The number of carbonyl (C=O) groups is 4. The molecule has 0 bridgehead atoms. The van der Waals surface area contributed by atoms with Gasteiger partial charge in [-0.05, 0) is 154 Å². The summed E-state index contributed by atoms with van der Waals surface area (Å²) in [4.78, 5) is 53.0. The lowest BCUT2D eigenvalue weighted by Crippen LogP contribution is -2.66. The van der Waals surface area contributed by atoms with Crippen molar-refractivity contribution in [2.24, 2.45) is 68.0 Å². The van der Waals surface area contributed by atoms with Gasteiger partial charge in [0.2, 0.25) is 0 Å². The average molecular weight is 864 g/mol. The molecule has 0 aliphatic heterocycles. The highest BCUT2D eigenvalue weighted by Gasteiger charge is 2.70. The summed E-state index contributed by atoms with van der Waals surface area (Å²) < 4.78 is 11.9. The van der Waals surface area contributed by atoms with Crippen molar-refractivity contribution in [2.75, 3.05) is 20.2 Å². The molecular formula is C51H75ClN2O7. The number of ketones is 1. The number of halogens is 1. The van der Waals surface area contributed by atoms with Crippen LogP contribution in [-0.4, -0.2) is 60.6 Å². The predicted octanol–water partition coefficient (Wildman–Crippen LogP) is 10.5. The summed E-state index contributed by atoms with van der Waals surface area (Å²) in [6.07, 6.45) is 10.1. The molecule has 0 spiro atoms. The number of hydrogen-bond acceptors (Lipinski definition) is 7. The number of amides is 1. The van der Waals surface area contributed by atoms with Crippen molar-refractivity contribution in [3.63, 3.8) is 0 Å². The zero-order chi connectivity index (χ0) is 44.9. The molecule has 1 amide bonds. The van der Waals surface area contributed by atoms with Gasteiger partial charge in [0.25, 0.3) is 5.91 Å². The Bertz CT molecular complexity index is 1990. The first-order valence-electron chi connectivity index (χ1n) is 23.4. The first-order chi connectivity index (χ1) is 28.3. The van der Waals surface area contributed by atoms with E-state index in [2.05, 4.69) is 59.1 Å². The summed E-state index contributed by atoms with van der Waals surface area (Å²) in [5.74, 6) is 0.107. The summed E-state index contributed by atoms with van der Waals surface area (Å²) in [6.45, 7) is 26.0. The highest BCUT2D eigenvalue weighted by atomic mass is 35.5. The number of Topliss-reactive ketones (excluding diaryl/α,β-unsaturated/α-hetero) is 1. The third-order valence-corrected chi connectivity index (χ3v) is 19.1. The number of rotatable bonds is 12. The molecule has 3 N–H and O–H groups in total. The van der Waals surface area contributed by atoms with Crippen LogP contribution in [0.2, 0.25) is 5.02 Å². The quantitative estimate of drug-likeness (QED) is 0.140. The van der Waals surface area contributed by atoms with Crippen molar-refractivity contribution in [3.8, 4) is 5.75 Å². The number of nitrogens with one attached hydrogen (secondary N) is 2. The lowest BCUT2D eigenvalue weighted by molar-refractivity contribution is -0.236. The molecule has 61 heavy (non-hydrogen) atoms. The van der Waals surface area contributed by atoms with E-state index in [1.807, 2.05) is 27.7 Å². The minimum Gasteiger partial charge on any atom is -0.496 e. The van der Waals surface area contributed by atoms with E-state index in [1.165, 1.54) is 12.7 Å². The zero-order valence-electron chi connectivity index (χ0n) is 39.2. The normalized spacial score (nSPS) is 37.4. The van der Waals surface area contributed by atoms with Crippen molar-refractivity contribution in [1.82, 2.24) is 10.6 Å². The van der Waals surface area contributed by atoms with Crippen LogP contribution in [-0.2, 0) is 19.1 Å². The number of methoxy groups -OCH3 is 1. The van der Waals surface area contributed by atoms with Gasteiger partial charge in [0.15, 0.2) is 5.78 Å². The largest absolute Gasteiger partial charge is 0.496 e. The van der Waals surface area contributed by atoms with Crippen LogP contribution < -0.4 is 15.4 Å². The van der Waals surface area contributed by atoms with Crippen molar-refractivity contribution >= 4 is 35.2 Å². The number of aliphatic carboxylic acids is 1. The standard InChI is InChI=1S/C51H75ClN2O7/c1-29(2)40-35(55)27-51(23-24-53-28-45(3,4)54-42(56)31-14-13-30(52)25-36(31)60-12)22-21-49(10)32(41(40)51)15-16-38-48(9)19-18-39(47(7,8)37(48)17-20-50(38,49)11)61-44(59)34-26-33(43(57)58)46(34,5)6/h13-14,25,29,32-34,37-39,53H,15-24,26-28H2,1-12H3,(H,54,56)(H,57,58)/t32-,33+,34-,37+,38-,39+,48+,49-,50-,51-/m1/s1. The average Bonchev–Trinajstić information content (AvgIpc) is 3.46. The molecule has 6 aliphatic rings. The molecule has 5 fully saturated rings. The van der Waals surface area contributed by atoms with Crippen LogP contribution >= 0.6 is 11.6 Å². The van der Waals surface area contributed by atoms with Gasteiger partial charge >= 0.3 is 11.9 Å². The van der Waals surface area contributed by atoms with Gasteiger partial charge in [-0.25, -0.2) is 0 Å². The Balaban J connectivity index is 1.06. The zero-order valence-corrected chi connectivity index (χ0v) is 40.0. The van der Waals surface area contributed by atoms with Crippen LogP contribution in [0.5, 0.6) is 5.75 Å². The summed E-state index contributed by atoms with van der Waals surface area (Å²) >= 11 is 6.15. The van der Waals surface area contributed by atoms with Crippen LogP contribution in [0.25, 0.3) is 0 Å². The van der Waals surface area contributed by atoms with Gasteiger partial charge in [-0.15, -0.1) is 0 Å². The SMILES string of the molecule is COc1cc(Cl)ccc1C(=O)NC(C)(C)CNCC[C@@]12CC[C@]3(C)[C@H](CC[C@@H]4[C@@]5(C)CC[C@H](OC(=O)[C@H]6C[C@@H](C(=O)O)C6(C)C)C(C)(C)[C@@H]5CC[C@]43C)C1=C(C(C)C)C(=O)C2. The number of esters is 1. The number of ether oxygens (including phenoxy) is 2. The van der Waals surface area contributed by atoms with E-state index < -0.39 is 22.8 Å². The molecule has 1 aromatic carbocycles. The summed E-state index contributed by atoms with van der Waals surface area (Å²) in [5, 5.41) is 17.1. The number of carboxylic acid groups (broad SMARTS) is 1. The van der Waals surface area contributed by atoms with Gasteiger partial charge in [0.05, 0.1) is 24.5 Å². The first-order valence-corrected chi connectivity index (χ1v) is 23.8. The Morgan fingerprint density at radius 1 is 0.902 bits per heavy atom. The van der Waals surface area contributed by atoms with Gasteiger partial charge in [-0.1, -0.05) is 79.5 Å². The minimum atomic E-state index is -0.829. The van der Waals surface area contributed by atoms with E-state index in [0.717, 1.165) is 69.9 Å². The minimum absolute atomic E-state index is 0.0554. The molecule has 1 aromatic rings. The topological polar surface area (TPSA) is 131 Å². The summed E-state index contributed by atoms with van der Waals surface area (Å²) in [6, 6.07) is 5.04. The van der Waals surface area contributed by atoms with Gasteiger partial charge < -0.3 is 25.2 Å². The molecule has 0 aromatic heterocycles. The Kier molecular flexibility index (Phi) is 11.8. The highest BCUT2D eigenvalue weighted by Crippen LogP contribution is 2.77. The van der Waals surface area contributed by atoms with E-state index >= 15 is 0 Å². The van der Waals surface area contributed by atoms with Gasteiger partial charge in [-0.2, -0.15) is 0 Å². The van der Waals surface area contributed by atoms with E-state index in [-0.39, 0.29) is 56.9 Å². The number of benzene rings is 1. The fraction of sp³-hybridized carbons (Fsp3) is 0.765. The number of carbonyl (C=O) groups excluding carboxylic acids is 3. The molecule has 0 radical (unpaired) electrons. The second-order valence-electron chi connectivity index (χ2n) is 23.4. The monoisotopic (exact) mass is 863 g/mol. The number of carboxylic acids is 1. The number of allylic oxidation sites excluding steroid dienone is 2. The smallest absolute Gasteiger partial charge is 0.309 e. The maximum atomic E-state index is 14.2. The van der Waals surface area contributed by atoms with E-state index in [9.17, 15) is 24.3 Å². The molecule has 6 aliphatic carbocycles. The van der Waals surface area contributed by atoms with Crippen molar-refractivity contribution in [2.45, 2.75) is 158 Å². The first kappa shape index (κ1) is 46.1. The molecular weight excluding hydrogens is 788 g/mol. The summed E-state index contributed by atoms with van der Waals surface area (Å²) in [5.41, 5.74) is 1.79. The third-order valence-electron chi connectivity index (χ3n) is 18.8. The maximum Gasteiger partial charge on any atom is 0.309 e. The van der Waals surface area contributed by atoms with E-state index in [0.29, 0.717) is 59.3 Å². The Hall–Kier alpha value is -2.91. The molecule has 10 atom stereocenters. The van der Waals surface area contributed by atoms with E-state index in [4.69, 9.17) is 21.1 Å². The molecule has 0 heterocycles. The number of hydrogen-bond donors (Lipinski definition) is 3. The van der Waals surface area contributed by atoms with Crippen LogP contribution in [0, 0.1) is 68.0 Å². The molecule has 0 saturated heterocycles. The maximum absolute atomic E-state index is 14.2. The molecule has 9 nitrogen and oxygen atoms in total. The number of fused-ring (bicyclic) bond motifs is 7. The van der Waals surface area contributed by atoms with Crippen LogP contribution in [0.4, 0.5) is 0 Å². The molecule has 7 rings (SSSR count). The fourth-order valence-electron chi connectivity index (χ4n) is 15.2. The van der Waals surface area contributed by atoms with E-state index in [1.54, 1.807) is 18.2 Å². The van der Waals surface area contributed by atoms with Gasteiger partial charge in [0.1, 0.15) is 11.9 Å². The Labute approximate surface area is 370 Å². The Morgan fingerprint density at radius 2 is 1.61 bits per heavy atom. The van der Waals surface area contributed by atoms with Gasteiger partial charge in [0, 0.05) is 34.4 Å². The van der Waals surface area contributed by atoms with Crippen LogP contribution in [0.1, 0.15) is 157 Å². The third kappa shape index (κ3) is 7.30. The van der Waals surface area contributed by atoms with Crippen molar-refractivity contribution < 1.29 is 33.8 Å². The summed E-state index contributed by atoms with van der Waals surface area (Å²) in [7, 11) is 1.54. The molecule has 0 unspecified atom stereocenters. The lowest BCUT2D eigenvalue weighted by Gasteiger charge is -2.72. The fourth-order valence-corrected chi connectivity index (χ4v) is 15.4. The molecule has 5 saturated carbocycles. The molecule has 338 valence electrons. The van der Waals surface area contributed by atoms with Crippen LogP contribution in [0.15, 0.2) is 29.3 Å². The van der Waals surface area contributed by atoms with Crippen molar-refractivity contribution in [1.29, 1.82) is 0 Å². The second-order valence-corrected chi connectivity index (χ2v) is 23.8. The highest BCUT2D eigenvalue weighted by molar-refractivity contribution is 6.30. The molecule has 10 heteroatoms. The second kappa shape index (κ2) is 15.7. The van der Waals surface area contributed by atoms with Gasteiger partial charge in [-0.3, -0.25) is 19.2 Å². The predicted molar refractivity (Wildman–Crippen MR) is 239 cm³/mol. The van der Waals surface area contributed by atoms with Crippen LogP contribution in [0.3, 0.4) is 0 Å². The lowest BCUT2D eigenvalue weighted by atomic mass is 9.33. The Morgan fingerprint density at radius 3 is 2.25 bits per heavy atom. The van der Waals surface area contributed by atoms with Crippen molar-refractivity contribution in [3.05, 3.63) is 39.9 Å².